The molecule has 1 aromatic carbocycles. The number of fused-ring (bicyclic) bond motifs is 1. The molecule has 1 saturated heterocycles. The van der Waals surface area contributed by atoms with Crippen LogP contribution in [-0.2, 0) is 15.8 Å². The largest absolute Gasteiger partial charge is 0.356 e. The first-order chi connectivity index (χ1) is 11.6. The van der Waals surface area contributed by atoms with Crippen molar-refractivity contribution >= 4 is 21.0 Å². The number of hydrogen-bond donors (Lipinski definition) is 1. The van der Waals surface area contributed by atoms with E-state index in [9.17, 15) is 8.42 Å². The van der Waals surface area contributed by atoms with Gasteiger partial charge in [-0.25, -0.2) is 12.7 Å². The molecule has 1 saturated carbocycles. The van der Waals surface area contributed by atoms with Crippen LogP contribution < -0.4 is 5.32 Å². The summed E-state index contributed by atoms with van der Waals surface area (Å²) >= 11 is 0. The monoisotopic (exact) mass is 349 g/mol. The lowest BCUT2D eigenvalue weighted by Crippen LogP contribution is -2.45. The molecule has 2 fully saturated rings. The lowest BCUT2D eigenvalue weighted by Gasteiger charge is -2.31. The third-order valence-corrected chi connectivity index (χ3v) is 6.80. The molecule has 24 heavy (non-hydrogen) atoms. The van der Waals surface area contributed by atoms with Crippen LogP contribution in [0.1, 0.15) is 31.4 Å². The zero-order valence-electron chi connectivity index (χ0n) is 13.6. The maximum absolute atomic E-state index is 12.7. The quantitative estimate of drug-likeness (QED) is 0.864. The highest BCUT2D eigenvalue weighted by atomic mass is 32.2. The first-order valence-corrected chi connectivity index (χ1v) is 10.3. The van der Waals surface area contributed by atoms with Crippen LogP contribution in [0.5, 0.6) is 0 Å². The summed E-state index contributed by atoms with van der Waals surface area (Å²) in [4.78, 5) is 0. The number of sulfonamides is 1. The van der Waals surface area contributed by atoms with Crippen molar-refractivity contribution in [2.75, 3.05) is 19.6 Å². The van der Waals surface area contributed by atoms with Gasteiger partial charge in [0, 0.05) is 24.5 Å². The zero-order chi connectivity index (χ0) is 16.6. The van der Waals surface area contributed by atoms with Crippen molar-refractivity contribution < 1.29 is 12.9 Å². The average molecular weight is 349 g/mol. The van der Waals surface area contributed by atoms with Crippen LogP contribution in [0, 0.1) is 5.92 Å². The van der Waals surface area contributed by atoms with Gasteiger partial charge >= 0.3 is 0 Å². The van der Waals surface area contributed by atoms with Crippen molar-refractivity contribution in [3.05, 3.63) is 30.0 Å². The molecule has 130 valence electrons. The van der Waals surface area contributed by atoms with E-state index in [1.807, 2.05) is 18.2 Å². The first kappa shape index (κ1) is 16.1. The molecule has 0 atom stereocenters. The smallest absolute Gasteiger partial charge is 0.220 e. The van der Waals surface area contributed by atoms with Crippen LogP contribution in [-0.4, -0.2) is 43.6 Å². The number of benzene rings is 1. The van der Waals surface area contributed by atoms with Crippen molar-refractivity contribution in [1.29, 1.82) is 0 Å². The second-order valence-corrected chi connectivity index (χ2v) is 8.88. The molecule has 2 aromatic rings. The van der Waals surface area contributed by atoms with Crippen molar-refractivity contribution in [3.63, 3.8) is 0 Å². The van der Waals surface area contributed by atoms with Gasteiger partial charge in [-0.05, 0) is 50.3 Å². The minimum absolute atomic E-state index is 0.0931. The first-order valence-electron chi connectivity index (χ1n) is 8.66. The molecule has 0 radical (unpaired) electrons. The van der Waals surface area contributed by atoms with Gasteiger partial charge in [0.1, 0.15) is 11.4 Å². The minimum Gasteiger partial charge on any atom is -0.356 e. The van der Waals surface area contributed by atoms with Gasteiger partial charge in [0.15, 0.2) is 5.58 Å². The standard InChI is InChI=1S/C17H23N3O3S/c21-24(22,12-16-15-3-1-2-4-17(15)23-19-16)20-9-7-14(8-10-20)18-11-13-5-6-13/h1-4,13-14,18H,5-12H2. The Morgan fingerprint density at radius 1 is 1.17 bits per heavy atom. The van der Waals surface area contributed by atoms with Gasteiger partial charge in [-0.15, -0.1) is 0 Å². The molecule has 2 heterocycles. The van der Waals surface area contributed by atoms with Gasteiger partial charge in [0.05, 0.1) is 0 Å². The van der Waals surface area contributed by atoms with E-state index in [4.69, 9.17) is 4.52 Å². The fraction of sp³-hybridized carbons (Fsp3) is 0.588. The predicted octanol–water partition coefficient (Wildman–Crippen LogP) is 2.12. The van der Waals surface area contributed by atoms with E-state index in [2.05, 4.69) is 10.5 Å². The Morgan fingerprint density at radius 2 is 1.92 bits per heavy atom. The van der Waals surface area contributed by atoms with Crippen molar-refractivity contribution in [3.8, 4) is 0 Å². The van der Waals surface area contributed by atoms with Crippen LogP contribution >= 0.6 is 0 Å². The molecule has 0 amide bonds. The van der Waals surface area contributed by atoms with E-state index in [1.54, 1.807) is 10.4 Å². The number of nitrogens with zero attached hydrogens (tertiary/aromatic N) is 2. The predicted molar refractivity (Wildman–Crippen MR) is 92.0 cm³/mol. The third kappa shape index (κ3) is 3.48. The highest BCUT2D eigenvalue weighted by molar-refractivity contribution is 7.88. The highest BCUT2D eigenvalue weighted by Crippen LogP contribution is 2.28. The van der Waals surface area contributed by atoms with Crippen molar-refractivity contribution in [1.82, 2.24) is 14.8 Å². The van der Waals surface area contributed by atoms with Crippen LogP contribution in [0.25, 0.3) is 11.0 Å². The van der Waals surface area contributed by atoms with E-state index in [1.165, 1.54) is 12.8 Å². The molecular weight excluding hydrogens is 326 g/mol. The van der Waals surface area contributed by atoms with E-state index < -0.39 is 10.0 Å². The highest BCUT2D eigenvalue weighted by Gasteiger charge is 2.30. The normalized spacial score (nSPS) is 20.7. The Labute approximate surface area is 142 Å². The molecule has 2 aliphatic rings. The number of nitrogens with one attached hydrogen (secondary N) is 1. The maximum atomic E-state index is 12.7. The van der Waals surface area contributed by atoms with Gasteiger partial charge < -0.3 is 9.84 Å². The Morgan fingerprint density at radius 3 is 2.67 bits per heavy atom. The molecular formula is C17H23N3O3S. The molecule has 0 spiro atoms. The summed E-state index contributed by atoms with van der Waals surface area (Å²) in [5.74, 6) is 0.761. The summed E-state index contributed by atoms with van der Waals surface area (Å²) in [7, 11) is -3.36. The summed E-state index contributed by atoms with van der Waals surface area (Å²) < 4.78 is 32.2. The molecule has 1 N–H and O–H groups in total. The number of aromatic nitrogens is 1. The van der Waals surface area contributed by atoms with Crippen LogP contribution in [0.3, 0.4) is 0 Å². The molecule has 0 unspecified atom stereocenters. The van der Waals surface area contributed by atoms with Gasteiger partial charge in [-0.2, -0.15) is 0 Å². The molecule has 1 aromatic heterocycles. The molecule has 7 heteroatoms. The summed E-state index contributed by atoms with van der Waals surface area (Å²) in [5, 5.41) is 8.31. The molecule has 1 aliphatic heterocycles. The van der Waals surface area contributed by atoms with Crippen molar-refractivity contribution in [2.24, 2.45) is 5.92 Å². The Balaban J connectivity index is 1.38. The maximum Gasteiger partial charge on any atom is 0.220 e. The lowest BCUT2D eigenvalue weighted by molar-refractivity contribution is 0.287. The lowest BCUT2D eigenvalue weighted by atomic mass is 10.1. The Kier molecular flexibility index (Phi) is 4.32. The van der Waals surface area contributed by atoms with Crippen molar-refractivity contribution in [2.45, 2.75) is 37.5 Å². The molecule has 6 nitrogen and oxygen atoms in total. The summed E-state index contributed by atoms with van der Waals surface area (Å²) in [6.45, 7) is 2.25. The number of para-hydroxylation sites is 1. The van der Waals surface area contributed by atoms with Crippen LogP contribution in [0.2, 0.25) is 0 Å². The molecule has 0 bridgehead atoms. The second kappa shape index (κ2) is 6.46. The summed E-state index contributed by atoms with van der Waals surface area (Å²) in [6.07, 6.45) is 4.44. The molecule has 4 rings (SSSR count). The van der Waals surface area contributed by atoms with E-state index >= 15 is 0 Å². The summed E-state index contributed by atoms with van der Waals surface area (Å²) in [6, 6.07) is 7.82. The Bertz CT molecular complexity index is 805. The zero-order valence-corrected chi connectivity index (χ0v) is 14.5. The van der Waals surface area contributed by atoms with E-state index in [-0.39, 0.29) is 5.75 Å². The fourth-order valence-corrected chi connectivity index (χ4v) is 4.80. The van der Waals surface area contributed by atoms with Crippen LogP contribution in [0.4, 0.5) is 0 Å². The van der Waals surface area contributed by atoms with Crippen LogP contribution in [0.15, 0.2) is 28.8 Å². The third-order valence-electron chi connectivity index (χ3n) is 5.01. The van der Waals surface area contributed by atoms with E-state index in [0.29, 0.717) is 30.4 Å². The van der Waals surface area contributed by atoms with Gasteiger partial charge in [-0.3, -0.25) is 0 Å². The van der Waals surface area contributed by atoms with Gasteiger partial charge in [0.2, 0.25) is 10.0 Å². The van der Waals surface area contributed by atoms with Gasteiger partial charge in [0.25, 0.3) is 0 Å². The topological polar surface area (TPSA) is 75.4 Å². The number of piperidine rings is 1. The SMILES string of the molecule is O=S(=O)(Cc1noc2ccccc12)N1CCC(NCC2CC2)CC1. The summed E-state index contributed by atoms with van der Waals surface area (Å²) in [5.41, 5.74) is 1.13. The minimum atomic E-state index is -3.36. The fourth-order valence-electron chi connectivity index (χ4n) is 3.30. The second-order valence-electron chi connectivity index (χ2n) is 6.91. The average Bonchev–Trinajstić information content (AvgIpc) is 3.35. The molecule has 1 aliphatic carbocycles. The van der Waals surface area contributed by atoms with Gasteiger partial charge in [-0.1, -0.05) is 17.3 Å². The number of rotatable bonds is 6. The number of hydrogen-bond acceptors (Lipinski definition) is 5. The Hall–Kier alpha value is -1.44. The van der Waals surface area contributed by atoms with E-state index in [0.717, 1.165) is 30.7 Å².